The number of thiazole rings is 1. The van der Waals surface area contributed by atoms with Crippen molar-refractivity contribution in [1.82, 2.24) is 19.7 Å². The molecule has 2 heterocycles. The number of nitrogens with zero attached hydrogens (tertiary/aromatic N) is 4. The van der Waals surface area contributed by atoms with Crippen LogP contribution in [0.25, 0.3) is 5.13 Å². The molecule has 0 aliphatic heterocycles. The first-order chi connectivity index (χ1) is 11.1. The molecular weight excluding hydrogens is 310 g/mol. The summed E-state index contributed by atoms with van der Waals surface area (Å²) in [6.45, 7) is 0.594. The van der Waals surface area contributed by atoms with E-state index in [1.54, 1.807) is 22.2 Å². The minimum atomic E-state index is -0.227. The third-order valence-corrected chi connectivity index (χ3v) is 7.10. The van der Waals surface area contributed by atoms with Gasteiger partial charge in [-0.15, -0.1) is 0 Å². The highest BCUT2D eigenvalue weighted by atomic mass is 32.1. The van der Waals surface area contributed by atoms with E-state index in [4.69, 9.17) is 5.73 Å². The number of carbonyl (C=O) groups excluding carboxylic acids is 1. The molecule has 120 valence electrons. The third kappa shape index (κ3) is 1.64. The quantitative estimate of drug-likeness (QED) is 0.916. The molecule has 0 radical (unpaired) electrons. The van der Waals surface area contributed by atoms with E-state index < -0.39 is 0 Å². The number of amides is 1. The van der Waals surface area contributed by atoms with Gasteiger partial charge in [0.05, 0.1) is 12.0 Å². The smallest absolute Gasteiger partial charge is 0.231 e. The van der Waals surface area contributed by atoms with E-state index in [2.05, 4.69) is 10.1 Å². The molecule has 7 heteroatoms. The Kier molecular flexibility index (Phi) is 2.63. The molecule has 4 fully saturated rings. The molecule has 2 N–H and O–H groups in total. The van der Waals surface area contributed by atoms with Crippen LogP contribution >= 0.6 is 11.3 Å². The number of carbonyl (C=O) groups is 1. The Balaban J connectivity index is 1.33. The second-order valence-corrected chi connectivity index (χ2v) is 8.22. The number of hydrogen-bond donors (Lipinski definition) is 1. The minimum absolute atomic E-state index is 0.0774. The van der Waals surface area contributed by atoms with E-state index in [1.807, 2.05) is 30.4 Å². The molecule has 4 aliphatic rings. The predicted octanol–water partition coefficient (Wildman–Crippen LogP) is 1.27. The highest BCUT2D eigenvalue weighted by Crippen LogP contribution is 2.78. The van der Waals surface area contributed by atoms with Crippen LogP contribution in [0.1, 0.15) is 17.7 Å². The molecule has 23 heavy (non-hydrogen) atoms. The largest absolute Gasteiger partial charge is 0.340 e. The van der Waals surface area contributed by atoms with Crippen molar-refractivity contribution in [3.8, 4) is 5.13 Å². The van der Waals surface area contributed by atoms with E-state index >= 15 is 0 Å². The maximum Gasteiger partial charge on any atom is 0.231 e. The van der Waals surface area contributed by atoms with Gasteiger partial charge in [0.15, 0.2) is 0 Å². The van der Waals surface area contributed by atoms with E-state index in [1.165, 1.54) is 0 Å². The van der Waals surface area contributed by atoms with Crippen molar-refractivity contribution in [3.63, 3.8) is 0 Å². The molecule has 6 nitrogen and oxygen atoms in total. The van der Waals surface area contributed by atoms with Gasteiger partial charge in [-0.25, -0.2) is 9.67 Å². The second kappa shape index (κ2) is 4.42. The molecule has 0 saturated heterocycles. The van der Waals surface area contributed by atoms with E-state index in [9.17, 15) is 4.79 Å². The number of nitrogens with two attached hydrogens (primary N) is 1. The summed E-state index contributed by atoms with van der Waals surface area (Å²) in [5.74, 6) is 1.93. The molecule has 3 unspecified atom stereocenters. The minimum Gasteiger partial charge on any atom is -0.340 e. The van der Waals surface area contributed by atoms with Gasteiger partial charge in [0.1, 0.15) is 0 Å². The highest BCUT2D eigenvalue weighted by Gasteiger charge is 2.82. The first-order valence-corrected chi connectivity index (χ1v) is 8.90. The second-order valence-electron chi connectivity index (χ2n) is 7.12. The summed E-state index contributed by atoms with van der Waals surface area (Å²) in [5.41, 5.74) is 6.14. The summed E-state index contributed by atoms with van der Waals surface area (Å²) in [5, 5.41) is 5.01. The lowest BCUT2D eigenvalue weighted by molar-refractivity contribution is -0.137. The molecule has 3 atom stereocenters. The maximum atomic E-state index is 13.0. The van der Waals surface area contributed by atoms with Gasteiger partial charge >= 0.3 is 0 Å². The summed E-state index contributed by atoms with van der Waals surface area (Å²) < 4.78 is 1.74. The Labute approximate surface area is 138 Å². The summed E-state index contributed by atoms with van der Waals surface area (Å²) >= 11 is 1.57. The van der Waals surface area contributed by atoms with Crippen LogP contribution in [0.3, 0.4) is 0 Å². The van der Waals surface area contributed by atoms with Gasteiger partial charge in [-0.05, 0) is 36.7 Å². The number of hydrogen-bond acceptors (Lipinski definition) is 5. The zero-order valence-corrected chi connectivity index (χ0v) is 13.7. The van der Waals surface area contributed by atoms with Crippen molar-refractivity contribution in [3.05, 3.63) is 29.5 Å². The topological polar surface area (TPSA) is 77.0 Å². The van der Waals surface area contributed by atoms with E-state index in [0.29, 0.717) is 24.3 Å². The van der Waals surface area contributed by atoms with Crippen LogP contribution in [0.15, 0.2) is 24.7 Å². The number of rotatable bonds is 4. The molecule has 1 amide bonds. The Hall–Kier alpha value is -1.73. The average molecular weight is 329 g/mol. The highest BCUT2D eigenvalue weighted by molar-refractivity contribution is 7.14. The molecule has 4 aliphatic carbocycles. The van der Waals surface area contributed by atoms with Crippen molar-refractivity contribution in [2.75, 3.05) is 7.05 Å². The Morgan fingerprint density at radius 3 is 2.91 bits per heavy atom. The van der Waals surface area contributed by atoms with Crippen molar-refractivity contribution in [2.24, 2.45) is 28.9 Å². The Morgan fingerprint density at radius 2 is 2.30 bits per heavy atom. The van der Waals surface area contributed by atoms with Crippen molar-refractivity contribution in [2.45, 2.75) is 25.4 Å². The first-order valence-electron chi connectivity index (χ1n) is 8.08. The summed E-state index contributed by atoms with van der Waals surface area (Å²) in [6.07, 6.45) is 7.76. The van der Waals surface area contributed by atoms with Crippen LogP contribution in [-0.4, -0.2) is 38.7 Å². The summed E-state index contributed by atoms with van der Waals surface area (Å²) in [4.78, 5) is 20.3. The van der Waals surface area contributed by atoms with Gasteiger partial charge in [-0.1, -0.05) is 11.3 Å². The maximum absolute atomic E-state index is 13.0. The lowest BCUT2D eigenvalue weighted by atomic mass is 9.96. The van der Waals surface area contributed by atoms with Gasteiger partial charge in [0.2, 0.25) is 11.0 Å². The first kappa shape index (κ1) is 13.7. The van der Waals surface area contributed by atoms with Gasteiger partial charge in [-0.2, -0.15) is 5.10 Å². The lowest BCUT2D eigenvalue weighted by Gasteiger charge is -2.25. The average Bonchev–Trinajstić information content (AvgIpc) is 3.17. The predicted molar refractivity (Wildman–Crippen MR) is 85.8 cm³/mol. The molecular formula is C16H19N5OS. The molecule has 4 saturated carbocycles. The van der Waals surface area contributed by atoms with E-state index in [0.717, 1.165) is 22.9 Å². The summed E-state index contributed by atoms with van der Waals surface area (Å²) in [6, 6.07) is 1.95. The SMILES string of the molecule is CN(Cc1cnc(-n2cccn2)s1)C(=O)C12C(N)C3CC1C2C3. The monoisotopic (exact) mass is 329 g/mol. The van der Waals surface area contributed by atoms with Crippen LogP contribution in [0, 0.1) is 23.2 Å². The fraction of sp³-hybridized carbons (Fsp3) is 0.562. The van der Waals surface area contributed by atoms with Gasteiger partial charge in [0, 0.05) is 36.6 Å². The van der Waals surface area contributed by atoms with E-state index in [-0.39, 0.29) is 17.4 Å². The normalized spacial score (nSPS) is 36.4. The van der Waals surface area contributed by atoms with Gasteiger partial charge in [-0.3, -0.25) is 4.79 Å². The third-order valence-electron chi connectivity index (χ3n) is 6.13. The zero-order valence-electron chi connectivity index (χ0n) is 12.9. The fourth-order valence-corrected chi connectivity index (χ4v) is 6.07. The standard InChI is InChI=1S/C16H19N5OS/c1-20(8-10-7-18-15(23-10)21-4-2-3-19-21)14(22)16-11-5-9(13(16)17)6-12(11)16/h2-4,7,9,11-13H,5-6,8,17H2,1H3. The van der Waals surface area contributed by atoms with Gasteiger partial charge < -0.3 is 10.6 Å². The van der Waals surface area contributed by atoms with Crippen molar-refractivity contribution in [1.29, 1.82) is 0 Å². The van der Waals surface area contributed by atoms with Crippen LogP contribution in [0.4, 0.5) is 0 Å². The van der Waals surface area contributed by atoms with Crippen LogP contribution in [0.2, 0.25) is 0 Å². The van der Waals surface area contributed by atoms with Crippen molar-refractivity contribution >= 4 is 17.2 Å². The summed E-state index contributed by atoms with van der Waals surface area (Å²) in [7, 11) is 1.89. The van der Waals surface area contributed by atoms with Gasteiger partial charge in [0.25, 0.3) is 0 Å². The Morgan fingerprint density at radius 1 is 1.52 bits per heavy atom. The molecule has 0 spiro atoms. The molecule has 2 aromatic rings. The van der Waals surface area contributed by atoms with Crippen molar-refractivity contribution < 1.29 is 4.79 Å². The molecule has 0 aromatic carbocycles. The molecule has 2 aromatic heterocycles. The lowest BCUT2D eigenvalue weighted by Crippen LogP contribution is -2.43. The van der Waals surface area contributed by atoms with Crippen LogP contribution in [0.5, 0.6) is 0 Å². The van der Waals surface area contributed by atoms with Crippen LogP contribution < -0.4 is 5.73 Å². The molecule has 4 bridgehead atoms. The Bertz CT molecular complexity index is 757. The zero-order chi connectivity index (χ0) is 15.8. The van der Waals surface area contributed by atoms with Crippen LogP contribution in [-0.2, 0) is 11.3 Å². The molecule has 6 rings (SSSR count). The fourth-order valence-electron chi connectivity index (χ4n) is 5.16. The number of aromatic nitrogens is 3.